The molecule has 28 heavy (non-hydrogen) atoms. The normalized spacial score (nSPS) is 12.2. The summed E-state index contributed by atoms with van der Waals surface area (Å²) in [4.78, 5) is 19.1. The summed E-state index contributed by atoms with van der Waals surface area (Å²) in [6.45, 7) is 4.74. The number of nitrogens with two attached hydrogens (primary N) is 1. The Morgan fingerprint density at radius 3 is 2.29 bits per heavy atom. The predicted molar refractivity (Wildman–Crippen MR) is 111 cm³/mol. The van der Waals surface area contributed by atoms with Crippen molar-refractivity contribution in [3.8, 4) is 17.1 Å². The van der Waals surface area contributed by atoms with E-state index in [1.165, 1.54) is 0 Å². The maximum atomic E-state index is 12.9. The van der Waals surface area contributed by atoms with E-state index in [2.05, 4.69) is 23.9 Å². The zero-order valence-electron chi connectivity index (χ0n) is 16.6. The van der Waals surface area contributed by atoms with E-state index in [0.717, 1.165) is 17.7 Å². The van der Waals surface area contributed by atoms with E-state index in [-0.39, 0.29) is 17.8 Å². The summed E-state index contributed by atoms with van der Waals surface area (Å²) in [6, 6.07) is 19.5. The molecule has 2 N–H and O–H groups in total. The van der Waals surface area contributed by atoms with Gasteiger partial charge in [0.05, 0.1) is 5.69 Å². The van der Waals surface area contributed by atoms with Gasteiger partial charge < -0.3 is 10.6 Å². The molecule has 0 aliphatic carbocycles. The lowest BCUT2D eigenvalue weighted by atomic mass is 10.0. The molecule has 3 aromatic rings. The van der Waals surface area contributed by atoms with Crippen LogP contribution in [-0.4, -0.2) is 45.2 Å². The number of carbonyl (C=O) groups is 1. The largest absolute Gasteiger partial charge is 0.339 e. The van der Waals surface area contributed by atoms with Crippen LogP contribution in [0.1, 0.15) is 30.9 Å². The third-order valence-electron chi connectivity index (χ3n) is 4.83. The third kappa shape index (κ3) is 4.46. The minimum atomic E-state index is -0.206. The Morgan fingerprint density at radius 2 is 1.68 bits per heavy atom. The second kappa shape index (κ2) is 8.80. The van der Waals surface area contributed by atoms with E-state index in [0.29, 0.717) is 18.3 Å². The molecule has 0 fully saturated rings. The highest BCUT2D eigenvalue weighted by Crippen LogP contribution is 2.21. The molecule has 0 aliphatic heterocycles. The van der Waals surface area contributed by atoms with Crippen molar-refractivity contribution >= 4 is 5.91 Å². The van der Waals surface area contributed by atoms with Gasteiger partial charge in [0.1, 0.15) is 0 Å². The van der Waals surface area contributed by atoms with E-state index in [1.54, 1.807) is 16.6 Å². The van der Waals surface area contributed by atoms with Gasteiger partial charge in [0.15, 0.2) is 5.82 Å². The topological polar surface area (TPSA) is 77.0 Å². The minimum absolute atomic E-state index is 0.0602. The quantitative estimate of drug-likeness (QED) is 0.685. The fraction of sp³-hybridized carbons (Fsp3) is 0.318. The van der Waals surface area contributed by atoms with E-state index < -0.39 is 0 Å². The summed E-state index contributed by atoms with van der Waals surface area (Å²) < 4.78 is 1.72. The Balaban J connectivity index is 1.90. The van der Waals surface area contributed by atoms with Crippen LogP contribution in [0.5, 0.6) is 0 Å². The number of carbonyl (C=O) groups excluding carboxylic acids is 1. The Bertz CT molecular complexity index is 848. The number of amides is 1. The van der Waals surface area contributed by atoms with Crippen LogP contribution < -0.4 is 5.73 Å². The number of hydrogen-bond acceptors (Lipinski definition) is 4. The summed E-state index contributed by atoms with van der Waals surface area (Å²) >= 11 is 0. The van der Waals surface area contributed by atoms with Crippen molar-refractivity contribution < 1.29 is 4.79 Å². The first kappa shape index (κ1) is 19.8. The van der Waals surface area contributed by atoms with Crippen molar-refractivity contribution in [3.05, 3.63) is 66.5 Å². The maximum Gasteiger partial charge on any atom is 0.293 e. The number of hydrogen-bond donors (Lipinski definition) is 1. The highest BCUT2D eigenvalue weighted by atomic mass is 16.2. The molecule has 0 bridgehead atoms. The van der Waals surface area contributed by atoms with Crippen LogP contribution in [0, 0.1) is 5.92 Å². The lowest BCUT2D eigenvalue weighted by molar-refractivity contribution is 0.0777. The number of rotatable bonds is 7. The molecule has 6 nitrogen and oxygen atoms in total. The molecule has 1 atom stereocenters. The van der Waals surface area contributed by atoms with Gasteiger partial charge in [-0.1, -0.05) is 62.4 Å². The molecule has 6 heteroatoms. The number of benzene rings is 2. The molecule has 0 saturated carbocycles. The standard InChI is InChI=1S/C22H27N5O/c1-16(2)19(23)14-15-26(3)22(28)20-24-21(17-10-6-4-7-11-17)27(25-20)18-12-8-5-9-13-18/h4-13,16,19H,14-15,23H2,1-3H3. The molecule has 1 heterocycles. The highest BCUT2D eigenvalue weighted by Gasteiger charge is 2.22. The Hall–Kier alpha value is -2.99. The van der Waals surface area contributed by atoms with Crippen LogP contribution in [-0.2, 0) is 0 Å². The Kier molecular flexibility index (Phi) is 6.21. The van der Waals surface area contributed by atoms with Crippen molar-refractivity contribution in [2.75, 3.05) is 13.6 Å². The first-order valence-electron chi connectivity index (χ1n) is 9.56. The number of aromatic nitrogens is 3. The van der Waals surface area contributed by atoms with Gasteiger partial charge in [0.2, 0.25) is 5.82 Å². The first-order valence-corrected chi connectivity index (χ1v) is 9.56. The predicted octanol–water partition coefficient (Wildman–Crippen LogP) is 3.38. The van der Waals surface area contributed by atoms with Crippen LogP contribution in [0.25, 0.3) is 17.1 Å². The number of para-hydroxylation sites is 1. The molecule has 1 unspecified atom stereocenters. The van der Waals surface area contributed by atoms with Crippen LogP contribution >= 0.6 is 0 Å². The van der Waals surface area contributed by atoms with Crippen molar-refractivity contribution in [2.45, 2.75) is 26.3 Å². The molecule has 2 aromatic carbocycles. The van der Waals surface area contributed by atoms with E-state index in [9.17, 15) is 4.79 Å². The van der Waals surface area contributed by atoms with Crippen LogP contribution in [0.4, 0.5) is 0 Å². The first-order chi connectivity index (χ1) is 13.5. The van der Waals surface area contributed by atoms with Crippen molar-refractivity contribution in [3.63, 3.8) is 0 Å². The summed E-state index contributed by atoms with van der Waals surface area (Å²) in [5, 5.41) is 4.52. The average Bonchev–Trinajstić information content (AvgIpc) is 3.17. The Morgan fingerprint density at radius 1 is 1.07 bits per heavy atom. The monoisotopic (exact) mass is 377 g/mol. The second-order valence-corrected chi connectivity index (χ2v) is 7.30. The molecule has 0 aliphatic rings. The van der Waals surface area contributed by atoms with Gasteiger partial charge in [-0.15, -0.1) is 5.10 Å². The molecular weight excluding hydrogens is 350 g/mol. The molecule has 0 radical (unpaired) electrons. The zero-order valence-corrected chi connectivity index (χ0v) is 16.6. The Labute approximate surface area is 166 Å². The zero-order chi connectivity index (χ0) is 20.1. The molecule has 146 valence electrons. The van der Waals surface area contributed by atoms with E-state index in [4.69, 9.17) is 5.73 Å². The van der Waals surface area contributed by atoms with Gasteiger partial charge in [-0.25, -0.2) is 9.67 Å². The molecule has 1 aromatic heterocycles. The van der Waals surface area contributed by atoms with Crippen molar-refractivity contribution in [1.82, 2.24) is 19.7 Å². The third-order valence-corrected chi connectivity index (χ3v) is 4.83. The molecule has 0 saturated heterocycles. The molecule has 3 rings (SSSR count). The van der Waals surface area contributed by atoms with Gasteiger partial charge in [-0.05, 0) is 24.5 Å². The fourth-order valence-corrected chi connectivity index (χ4v) is 2.87. The fourth-order valence-electron chi connectivity index (χ4n) is 2.87. The summed E-state index contributed by atoms with van der Waals surface area (Å²) in [5.41, 5.74) is 7.87. The van der Waals surface area contributed by atoms with Crippen molar-refractivity contribution in [2.24, 2.45) is 11.7 Å². The summed E-state index contributed by atoms with van der Waals surface area (Å²) in [7, 11) is 1.76. The summed E-state index contributed by atoms with van der Waals surface area (Å²) in [6.07, 6.45) is 0.741. The number of nitrogens with zero attached hydrogens (tertiary/aromatic N) is 4. The highest BCUT2D eigenvalue weighted by molar-refractivity contribution is 5.90. The lowest BCUT2D eigenvalue weighted by Crippen LogP contribution is -2.35. The maximum absolute atomic E-state index is 12.9. The smallest absolute Gasteiger partial charge is 0.293 e. The van der Waals surface area contributed by atoms with Crippen LogP contribution in [0.3, 0.4) is 0 Å². The van der Waals surface area contributed by atoms with Gasteiger partial charge >= 0.3 is 0 Å². The average molecular weight is 377 g/mol. The van der Waals surface area contributed by atoms with Gasteiger partial charge in [-0.2, -0.15) is 0 Å². The SMILES string of the molecule is CC(C)C(N)CCN(C)C(=O)c1nc(-c2ccccc2)n(-c2ccccc2)n1. The summed E-state index contributed by atoms with van der Waals surface area (Å²) in [5.74, 6) is 0.997. The van der Waals surface area contributed by atoms with Crippen LogP contribution in [0.2, 0.25) is 0 Å². The van der Waals surface area contributed by atoms with E-state index in [1.807, 2.05) is 60.7 Å². The molecule has 1 amide bonds. The van der Waals surface area contributed by atoms with Gasteiger partial charge in [-0.3, -0.25) is 4.79 Å². The van der Waals surface area contributed by atoms with Crippen molar-refractivity contribution in [1.29, 1.82) is 0 Å². The molecule has 0 spiro atoms. The molecular formula is C22H27N5O. The van der Waals surface area contributed by atoms with Gasteiger partial charge in [0, 0.05) is 25.2 Å². The van der Waals surface area contributed by atoms with Gasteiger partial charge in [0.25, 0.3) is 5.91 Å². The second-order valence-electron chi connectivity index (χ2n) is 7.30. The van der Waals surface area contributed by atoms with Crippen LogP contribution in [0.15, 0.2) is 60.7 Å². The lowest BCUT2D eigenvalue weighted by Gasteiger charge is -2.20. The van der Waals surface area contributed by atoms with E-state index >= 15 is 0 Å². The minimum Gasteiger partial charge on any atom is -0.339 e.